The molecular weight excluding hydrogens is 1970 g/mol. The molecule has 6 nitrogen and oxygen atoms in total. The summed E-state index contributed by atoms with van der Waals surface area (Å²) >= 11 is -2.88. The van der Waals surface area contributed by atoms with Crippen molar-refractivity contribution in [3.8, 4) is 11.5 Å². The fourth-order valence-electron chi connectivity index (χ4n) is 19.5. The molecule has 0 atom stereocenters. The third-order valence-electron chi connectivity index (χ3n) is 24.4. The monoisotopic (exact) mass is 2040 g/mol. The van der Waals surface area contributed by atoms with Gasteiger partial charge < -0.3 is 0 Å². The second-order valence-electron chi connectivity index (χ2n) is 30.6. The third-order valence-corrected chi connectivity index (χ3v) is 40.8. The van der Waals surface area contributed by atoms with Crippen LogP contribution in [0.15, 0.2) is 358 Å². The Kier molecular flexibility index (Phi) is 15.2. The first-order valence-electron chi connectivity index (χ1n) is 39.1. The number of para-hydroxylation sites is 4. The minimum atomic E-state index is -0.633. The summed E-state index contributed by atoms with van der Waals surface area (Å²) in [6.07, 6.45) is 0. The quantitative estimate of drug-likeness (QED) is 0.134. The van der Waals surface area contributed by atoms with Crippen LogP contribution in [0, 0.1) is 0 Å². The van der Waals surface area contributed by atoms with Gasteiger partial charge in [0.15, 0.2) is 0 Å². The van der Waals surface area contributed by atoms with E-state index in [9.17, 15) is 0 Å². The molecule has 0 N–H and O–H groups in total. The van der Waals surface area contributed by atoms with Crippen LogP contribution in [0.25, 0.3) is 87.9 Å². The molecule has 0 saturated heterocycles. The van der Waals surface area contributed by atoms with Crippen LogP contribution in [0.1, 0.15) is 0 Å². The van der Waals surface area contributed by atoms with Crippen molar-refractivity contribution in [1.82, 2.24) is 0 Å². The van der Waals surface area contributed by atoms with E-state index in [0.29, 0.717) is 0 Å². The van der Waals surface area contributed by atoms with Crippen molar-refractivity contribution < 1.29 is 4.74 Å². The van der Waals surface area contributed by atoms with Gasteiger partial charge in [-0.1, -0.05) is 0 Å². The average molecular weight is 2030 g/mol. The zero-order valence-corrected chi connectivity index (χ0v) is 73.1. The SMILES string of the molecule is c1ccc(N(c2cc3c4c(c2)N(c2ccc5[te]c6ccccc6c5c2)c2ccccc2B4c2cc4c(cc2O3)N(c2ccc3[te]c5ccccc5c3c2)c2cc(N(c3ccccc3)c3ccc5[te]c6ccccc6c5c3)cc3c2B4c2ccccc2N3c2ccc3[te]c4ccccc4c3c2)c2ccc3[te]c4ccccc4c3c2)cc1. The molecule has 22 aromatic rings. The Labute approximate surface area is 712 Å². The topological polar surface area (TPSA) is 25.4 Å². The number of hydrogen-bond donors (Lipinski definition) is 0. The molecule has 0 aliphatic carbocycles. The van der Waals surface area contributed by atoms with E-state index in [1.807, 2.05) is 0 Å². The molecule has 115 heavy (non-hydrogen) atoms. The van der Waals surface area contributed by atoms with Crippen LogP contribution < -0.4 is 62.0 Å². The van der Waals surface area contributed by atoms with Crippen LogP contribution >= 0.6 is 0 Å². The number of anilines is 15. The fraction of sp³-hybridized carbons (Fsp3) is 0. The zero-order valence-electron chi connectivity index (χ0n) is 61.4. The van der Waals surface area contributed by atoms with Gasteiger partial charge in [0.2, 0.25) is 0 Å². The molecular formula is C102H59B2N5OTe5. The fourth-order valence-corrected chi connectivity index (χ4v) is 35.0. The Morgan fingerprint density at radius 3 is 0.957 bits per heavy atom. The van der Waals surface area contributed by atoms with E-state index in [1.165, 1.54) is 127 Å². The summed E-state index contributed by atoms with van der Waals surface area (Å²) in [5, 5.41) is 13.6. The van der Waals surface area contributed by atoms with Gasteiger partial charge in [0.1, 0.15) is 0 Å². The second-order valence-corrected chi connectivity index (χ2v) is 46.0. The Morgan fingerprint density at radius 1 is 0.200 bits per heavy atom. The summed E-state index contributed by atoms with van der Waals surface area (Å²) in [6.45, 7) is -0.433. The van der Waals surface area contributed by atoms with Crippen molar-refractivity contribution in [2.45, 2.75) is 0 Å². The first-order chi connectivity index (χ1) is 57.0. The first-order valence-corrected chi connectivity index (χ1v) is 50.7. The Bertz CT molecular complexity index is 7940. The molecule has 0 bridgehead atoms. The molecule has 4 aliphatic heterocycles. The molecule has 0 unspecified atom stereocenters. The zero-order chi connectivity index (χ0) is 74.8. The van der Waals surface area contributed by atoms with Gasteiger partial charge in [0.25, 0.3) is 0 Å². The van der Waals surface area contributed by atoms with Crippen molar-refractivity contribution in [3.63, 3.8) is 0 Å². The summed E-state index contributed by atoms with van der Waals surface area (Å²) in [5.41, 5.74) is 24.2. The van der Waals surface area contributed by atoms with E-state index in [2.05, 4.69) is 382 Å². The van der Waals surface area contributed by atoms with E-state index in [1.54, 1.807) is 0 Å². The molecule has 0 radical (unpaired) electrons. The van der Waals surface area contributed by atoms with E-state index in [0.717, 1.165) is 90.9 Å². The molecule has 26 rings (SSSR count). The van der Waals surface area contributed by atoms with E-state index < -0.39 is 102 Å². The Hall–Kier alpha value is -10.4. The van der Waals surface area contributed by atoms with Crippen LogP contribution in [0.3, 0.4) is 0 Å². The van der Waals surface area contributed by atoms with Crippen molar-refractivity contribution in [2.24, 2.45) is 0 Å². The third kappa shape index (κ3) is 10.2. The molecule has 17 aromatic carbocycles. The maximum absolute atomic E-state index is 8.16. The second kappa shape index (κ2) is 26.1. The molecule has 0 amide bonds. The maximum atomic E-state index is 8.16. The predicted molar refractivity (Wildman–Crippen MR) is 495 cm³/mol. The van der Waals surface area contributed by atoms with Gasteiger partial charge in [0, 0.05) is 0 Å². The van der Waals surface area contributed by atoms with Crippen LogP contribution in [0.4, 0.5) is 85.3 Å². The molecule has 9 heterocycles. The molecule has 0 saturated carbocycles. The van der Waals surface area contributed by atoms with E-state index in [4.69, 9.17) is 4.74 Å². The number of hydrogen-bond acceptors (Lipinski definition) is 6. The number of ether oxygens (including phenoxy) is 1. The summed E-state index contributed by atoms with van der Waals surface area (Å²) in [6, 6.07) is 139. The number of benzene rings is 17. The van der Waals surface area contributed by atoms with Crippen molar-refractivity contribution in [3.05, 3.63) is 358 Å². The molecule has 13 heteroatoms. The summed E-state index contributed by atoms with van der Waals surface area (Å²) in [4.78, 5) is 12.9. The molecule has 5 aromatic heterocycles. The van der Waals surface area contributed by atoms with Gasteiger partial charge in [-0.05, 0) is 0 Å². The van der Waals surface area contributed by atoms with Crippen LogP contribution in [-0.2, 0) is 0 Å². The van der Waals surface area contributed by atoms with Gasteiger partial charge in [-0.2, -0.15) is 0 Å². The molecule has 4 aliphatic rings. The number of rotatable bonds is 9. The summed E-state index contributed by atoms with van der Waals surface area (Å²) in [7, 11) is 0. The Morgan fingerprint density at radius 2 is 0.530 bits per heavy atom. The van der Waals surface area contributed by atoms with Crippen molar-refractivity contribution >= 4 is 322 Å². The van der Waals surface area contributed by atoms with E-state index >= 15 is 0 Å². The van der Waals surface area contributed by atoms with Gasteiger partial charge in [-0.25, -0.2) is 0 Å². The van der Waals surface area contributed by atoms with Crippen molar-refractivity contribution in [1.29, 1.82) is 0 Å². The van der Waals surface area contributed by atoms with Crippen LogP contribution in [0.5, 0.6) is 11.5 Å². The van der Waals surface area contributed by atoms with Gasteiger partial charge in [-0.3, -0.25) is 0 Å². The minimum absolute atomic E-state index is 0.212. The molecule has 534 valence electrons. The van der Waals surface area contributed by atoms with Crippen molar-refractivity contribution in [2.75, 3.05) is 24.5 Å². The summed E-state index contributed by atoms with van der Waals surface area (Å²) < 4.78 is 23.1. The van der Waals surface area contributed by atoms with Crippen LogP contribution in [-0.4, -0.2) is 116 Å². The molecule has 0 spiro atoms. The average Bonchev–Trinajstić information content (AvgIpc) is 1.26. The van der Waals surface area contributed by atoms with E-state index in [-0.39, 0.29) is 13.4 Å². The first kappa shape index (κ1) is 66.9. The van der Waals surface area contributed by atoms with Crippen LogP contribution in [0.2, 0.25) is 0 Å². The number of nitrogens with zero attached hydrogens (tertiary/aromatic N) is 5. The summed E-state index contributed by atoms with van der Waals surface area (Å²) in [5.74, 6) is 1.71. The predicted octanol–water partition coefficient (Wildman–Crippen LogP) is 21.9. The standard InChI is InChI=1S/C102H59B2N5OTe5/c1-3-21-60(22-4-1)105(62-39-44-96-74(49-62)69-25-7-16-34-91(69)111-96)67-54-86-101-87(55-67)109(66-43-48-100-78(53-66)73-29-11-20-38-95(73)115-100)85-59-89-82(58-81(85)103(101)79-30-12-14-32-83(79)107(86)64-41-46-98-76(51-64)71-27-9-18-36-93(71)113-98)104-80-31-13-15-33-84(80)108(65-42-47-99-77(52-65)72-28-10-19-37-94(72)114-99)88-56-68(57-90(110-89)102(88)104)106(61-23-5-2-6-24-61)63-40-45-97-75(50-63)70-26-8-17-35-92(70)112-97/h1-59H. The van der Waals surface area contributed by atoms with Gasteiger partial charge in [0.05, 0.1) is 0 Å². The Balaban J connectivity index is 0.756. The van der Waals surface area contributed by atoms with Gasteiger partial charge >= 0.3 is 720 Å². The normalized spacial score (nSPS) is 13.2. The number of fused-ring (bicyclic) bond motifs is 23. The van der Waals surface area contributed by atoms with Gasteiger partial charge in [-0.15, -0.1) is 0 Å². The molecule has 0 fully saturated rings.